The van der Waals surface area contributed by atoms with Crippen LogP contribution in [0.5, 0.6) is 5.75 Å². The zero-order valence-corrected chi connectivity index (χ0v) is 15.8. The predicted octanol–water partition coefficient (Wildman–Crippen LogP) is 6.04. The number of hydrogen-bond donors (Lipinski definition) is 1. The van der Waals surface area contributed by atoms with E-state index in [0.717, 1.165) is 0 Å². The molecule has 0 radical (unpaired) electrons. The Morgan fingerprint density at radius 1 is 1.15 bits per heavy atom. The number of phenolic OH excluding ortho intramolecular Hbond substituents is 1. The fraction of sp³-hybridized carbons (Fsp3) is 0.0952. The number of carbonyl (C=O) groups excluding carboxylic acids is 1. The van der Waals surface area contributed by atoms with Gasteiger partial charge in [0, 0.05) is 20.6 Å². The molecule has 6 heteroatoms. The van der Waals surface area contributed by atoms with E-state index in [1.807, 2.05) is 0 Å². The third kappa shape index (κ3) is 2.86. The maximum atomic E-state index is 14.6. The van der Waals surface area contributed by atoms with Crippen molar-refractivity contribution in [2.24, 2.45) is 0 Å². The first-order valence-electron chi connectivity index (χ1n) is 8.31. The normalized spacial score (nSPS) is 11.2. The van der Waals surface area contributed by atoms with E-state index in [0.29, 0.717) is 26.2 Å². The molecule has 1 aromatic heterocycles. The van der Waals surface area contributed by atoms with Crippen LogP contribution in [0, 0.1) is 5.82 Å². The topological polar surface area (TPSA) is 59.7 Å². The van der Waals surface area contributed by atoms with Crippen LogP contribution < -0.4 is 0 Å². The van der Waals surface area contributed by atoms with Gasteiger partial charge in [-0.05, 0) is 31.2 Å². The molecule has 3 aromatic carbocycles. The van der Waals surface area contributed by atoms with E-state index in [1.165, 1.54) is 18.2 Å². The zero-order valence-electron chi connectivity index (χ0n) is 14.3. The van der Waals surface area contributed by atoms with Crippen molar-refractivity contribution in [3.63, 3.8) is 0 Å². The summed E-state index contributed by atoms with van der Waals surface area (Å²) in [6.07, 6.45) is 0. The summed E-state index contributed by atoms with van der Waals surface area (Å²) in [4.78, 5) is 12.6. The fourth-order valence-corrected chi connectivity index (χ4v) is 3.50. The van der Waals surface area contributed by atoms with Gasteiger partial charge in [0.15, 0.2) is 5.76 Å². The van der Waals surface area contributed by atoms with Crippen molar-refractivity contribution in [3.05, 3.63) is 64.4 Å². The molecule has 4 aromatic rings. The summed E-state index contributed by atoms with van der Waals surface area (Å²) in [5.41, 5.74) is 0.624. The van der Waals surface area contributed by atoms with Gasteiger partial charge in [0.2, 0.25) is 0 Å². The van der Waals surface area contributed by atoms with Crippen LogP contribution in [0.2, 0.25) is 0 Å². The number of ether oxygens (including phenoxy) is 1. The number of esters is 1. The lowest BCUT2D eigenvalue weighted by Crippen LogP contribution is -2.05. The summed E-state index contributed by atoms with van der Waals surface area (Å²) in [7, 11) is 0. The number of rotatable bonds is 3. The molecule has 0 spiro atoms. The van der Waals surface area contributed by atoms with Gasteiger partial charge in [-0.1, -0.05) is 40.2 Å². The first kappa shape index (κ1) is 17.5. The minimum absolute atomic E-state index is 0.00674. The summed E-state index contributed by atoms with van der Waals surface area (Å²) >= 11 is 3.22. The second kappa shape index (κ2) is 6.70. The Morgan fingerprint density at radius 2 is 1.89 bits per heavy atom. The quantitative estimate of drug-likeness (QED) is 0.404. The molecule has 0 atom stereocenters. The van der Waals surface area contributed by atoms with E-state index in [-0.39, 0.29) is 29.2 Å². The molecular formula is C21H14BrFO4. The zero-order chi connectivity index (χ0) is 19.1. The van der Waals surface area contributed by atoms with Crippen molar-refractivity contribution in [3.8, 4) is 17.1 Å². The standard InChI is InChI=1S/C21H14BrFO4/c1-2-26-21(25)18-15-10-17(24)12-5-3-4-6-13(12)19(15)27-20(18)14-8-7-11(22)9-16(14)23/h3-10,24H,2H2,1H3. The number of hydrogen-bond acceptors (Lipinski definition) is 4. The number of benzene rings is 3. The third-order valence-electron chi connectivity index (χ3n) is 4.33. The minimum atomic E-state index is -0.636. The first-order valence-corrected chi connectivity index (χ1v) is 9.10. The third-order valence-corrected chi connectivity index (χ3v) is 4.82. The Balaban J connectivity index is 2.12. The van der Waals surface area contributed by atoms with E-state index in [9.17, 15) is 14.3 Å². The first-order chi connectivity index (χ1) is 13.0. The summed E-state index contributed by atoms with van der Waals surface area (Å²) in [5, 5.41) is 12.0. The van der Waals surface area contributed by atoms with Crippen LogP contribution in [-0.4, -0.2) is 17.7 Å². The van der Waals surface area contributed by atoms with E-state index in [1.54, 1.807) is 37.3 Å². The van der Waals surface area contributed by atoms with Crippen LogP contribution in [0.25, 0.3) is 33.1 Å². The Morgan fingerprint density at radius 3 is 2.59 bits per heavy atom. The van der Waals surface area contributed by atoms with Crippen LogP contribution in [-0.2, 0) is 4.74 Å². The molecule has 0 bridgehead atoms. The predicted molar refractivity (Wildman–Crippen MR) is 104 cm³/mol. The van der Waals surface area contributed by atoms with E-state index in [4.69, 9.17) is 9.15 Å². The molecule has 0 fully saturated rings. The maximum absolute atomic E-state index is 14.6. The SMILES string of the molecule is CCOC(=O)c1c(-c2ccc(Br)cc2F)oc2c1cc(O)c1ccccc12. The fourth-order valence-electron chi connectivity index (χ4n) is 3.17. The Bertz CT molecular complexity index is 1200. The highest BCUT2D eigenvalue weighted by molar-refractivity contribution is 9.10. The largest absolute Gasteiger partial charge is 0.507 e. The van der Waals surface area contributed by atoms with Crippen LogP contribution in [0.3, 0.4) is 0 Å². The Hall–Kier alpha value is -2.86. The van der Waals surface area contributed by atoms with Gasteiger partial charge in [-0.25, -0.2) is 9.18 Å². The highest BCUT2D eigenvalue weighted by atomic mass is 79.9. The second-order valence-electron chi connectivity index (χ2n) is 5.97. The molecule has 0 aliphatic carbocycles. The van der Waals surface area contributed by atoms with E-state index >= 15 is 0 Å². The molecule has 1 heterocycles. The molecular weight excluding hydrogens is 415 g/mol. The molecule has 27 heavy (non-hydrogen) atoms. The van der Waals surface area contributed by atoms with Crippen LogP contribution >= 0.6 is 15.9 Å². The number of halogens is 2. The molecule has 0 unspecified atom stereocenters. The van der Waals surface area contributed by atoms with E-state index in [2.05, 4.69) is 15.9 Å². The smallest absolute Gasteiger partial charge is 0.342 e. The summed E-state index contributed by atoms with van der Waals surface area (Å²) in [6, 6.07) is 13.1. The number of aromatic hydroxyl groups is 1. The van der Waals surface area contributed by atoms with Gasteiger partial charge in [0.1, 0.15) is 22.7 Å². The monoisotopic (exact) mass is 428 g/mol. The van der Waals surface area contributed by atoms with E-state index < -0.39 is 11.8 Å². The lowest BCUT2D eigenvalue weighted by atomic mass is 10.0. The van der Waals surface area contributed by atoms with Gasteiger partial charge in [0.25, 0.3) is 0 Å². The molecule has 4 rings (SSSR count). The highest BCUT2D eigenvalue weighted by Gasteiger charge is 2.27. The van der Waals surface area contributed by atoms with Crippen LogP contribution in [0.15, 0.2) is 57.4 Å². The molecule has 0 saturated heterocycles. The van der Waals surface area contributed by atoms with Crippen molar-refractivity contribution in [2.75, 3.05) is 6.61 Å². The number of carbonyl (C=O) groups is 1. The van der Waals surface area contributed by atoms with Crippen molar-refractivity contribution >= 4 is 43.6 Å². The van der Waals surface area contributed by atoms with Crippen molar-refractivity contribution < 1.29 is 23.4 Å². The summed E-state index contributed by atoms with van der Waals surface area (Å²) < 4.78 is 26.3. The van der Waals surface area contributed by atoms with Gasteiger partial charge < -0.3 is 14.3 Å². The second-order valence-corrected chi connectivity index (χ2v) is 6.88. The average molecular weight is 429 g/mol. The maximum Gasteiger partial charge on any atom is 0.342 e. The number of furan rings is 1. The van der Waals surface area contributed by atoms with Gasteiger partial charge in [-0.15, -0.1) is 0 Å². The molecule has 0 aliphatic heterocycles. The number of phenols is 1. The van der Waals surface area contributed by atoms with Crippen molar-refractivity contribution in [1.29, 1.82) is 0 Å². The molecule has 0 aliphatic rings. The lowest BCUT2D eigenvalue weighted by Gasteiger charge is -2.05. The molecule has 4 nitrogen and oxygen atoms in total. The lowest BCUT2D eigenvalue weighted by molar-refractivity contribution is 0.0529. The molecule has 0 amide bonds. The Labute approximate surface area is 162 Å². The minimum Gasteiger partial charge on any atom is -0.507 e. The Kier molecular flexibility index (Phi) is 4.36. The number of fused-ring (bicyclic) bond motifs is 3. The van der Waals surface area contributed by atoms with Crippen LogP contribution in [0.1, 0.15) is 17.3 Å². The molecule has 136 valence electrons. The van der Waals surface area contributed by atoms with Crippen molar-refractivity contribution in [2.45, 2.75) is 6.92 Å². The van der Waals surface area contributed by atoms with Crippen molar-refractivity contribution in [1.82, 2.24) is 0 Å². The average Bonchev–Trinajstić information content (AvgIpc) is 3.01. The van der Waals surface area contributed by atoms with Crippen LogP contribution in [0.4, 0.5) is 4.39 Å². The van der Waals surface area contributed by atoms with Gasteiger partial charge >= 0.3 is 5.97 Å². The van der Waals surface area contributed by atoms with Gasteiger partial charge in [0.05, 0.1) is 12.2 Å². The molecule has 1 N–H and O–H groups in total. The summed E-state index contributed by atoms with van der Waals surface area (Å²) in [5.74, 6) is -1.10. The van der Waals surface area contributed by atoms with Gasteiger partial charge in [-0.3, -0.25) is 0 Å². The summed E-state index contributed by atoms with van der Waals surface area (Å²) in [6.45, 7) is 1.85. The highest BCUT2D eigenvalue weighted by Crippen LogP contribution is 2.41. The van der Waals surface area contributed by atoms with Gasteiger partial charge in [-0.2, -0.15) is 0 Å². The molecule has 0 saturated carbocycles.